The van der Waals surface area contributed by atoms with E-state index in [0.717, 1.165) is 18.5 Å². The van der Waals surface area contributed by atoms with Crippen LogP contribution in [-0.4, -0.2) is 55.3 Å². The van der Waals surface area contributed by atoms with E-state index in [-0.39, 0.29) is 18.4 Å². The van der Waals surface area contributed by atoms with Crippen LogP contribution in [0.1, 0.15) is 42.5 Å². The van der Waals surface area contributed by atoms with Crippen molar-refractivity contribution < 1.29 is 9.59 Å². The molecule has 1 saturated carbocycles. The summed E-state index contributed by atoms with van der Waals surface area (Å²) in [6, 6.07) is 5.52. The molecule has 6 heteroatoms. The minimum atomic E-state index is -0.0391. The Morgan fingerprint density at radius 2 is 1.83 bits per heavy atom. The summed E-state index contributed by atoms with van der Waals surface area (Å²) in [4.78, 5) is 27.6. The minimum Gasteiger partial charge on any atom is -0.376 e. The SMILES string of the molecule is CN(C)C(=O)CNc1ccc(C(=O)N(C)C2CCCCC2)c(Cl)c1. The van der Waals surface area contributed by atoms with Crippen molar-refractivity contribution in [3.05, 3.63) is 28.8 Å². The van der Waals surface area contributed by atoms with Crippen molar-refractivity contribution in [3.8, 4) is 0 Å². The summed E-state index contributed by atoms with van der Waals surface area (Å²) < 4.78 is 0. The van der Waals surface area contributed by atoms with Gasteiger partial charge in [0.15, 0.2) is 0 Å². The molecular weight excluding hydrogens is 326 g/mol. The molecule has 5 nitrogen and oxygen atoms in total. The lowest BCUT2D eigenvalue weighted by molar-refractivity contribution is -0.126. The van der Waals surface area contributed by atoms with Crippen LogP contribution in [0.15, 0.2) is 18.2 Å². The van der Waals surface area contributed by atoms with Crippen molar-refractivity contribution in [1.29, 1.82) is 0 Å². The Balaban J connectivity index is 2.03. The van der Waals surface area contributed by atoms with Gasteiger partial charge in [-0.05, 0) is 31.0 Å². The molecular formula is C18H26ClN3O2. The first kappa shape index (κ1) is 18.6. The number of amides is 2. The molecule has 0 aromatic heterocycles. The summed E-state index contributed by atoms with van der Waals surface area (Å²) in [5, 5.41) is 3.43. The van der Waals surface area contributed by atoms with Crippen molar-refractivity contribution in [2.24, 2.45) is 0 Å². The number of benzene rings is 1. The molecule has 1 aromatic carbocycles. The Morgan fingerprint density at radius 1 is 1.17 bits per heavy atom. The Labute approximate surface area is 149 Å². The molecule has 0 radical (unpaired) electrons. The highest BCUT2D eigenvalue weighted by Crippen LogP contribution is 2.26. The van der Waals surface area contributed by atoms with Gasteiger partial charge in [-0.3, -0.25) is 9.59 Å². The predicted molar refractivity (Wildman–Crippen MR) is 97.6 cm³/mol. The summed E-state index contributed by atoms with van der Waals surface area (Å²) in [6.07, 6.45) is 5.74. The maximum Gasteiger partial charge on any atom is 0.255 e. The van der Waals surface area contributed by atoms with Crippen LogP contribution < -0.4 is 5.32 Å². The van der Waals surface area contributed by atoms with Gasteiger partial charge < -0.3 is 15.1 Å². The van der Waals surface area contributed by atoms with Crippen LogP contribution >= 0.6 is 11.6 Å². The molecule has 24 heavy (non-hydrogen) atoms. The molecule has 0 spiro atoms. The van der Waals surface area contributed by atoms with Gasteiger partial charge in [0, 0.05) is 32.9 Å². The molecule has 0 aliphatic heterocycles. The van der Waals surface area contributed by atoms with Crippen LogP contribution in [0, 0.1) is 0 Å². The maximum atomic E-state index is 12.7. The first-order valence-corrected chi connectivity index (χ1v) is 8.78. The number of hydrogen-bond donors (Lipinski definition) is 1. The molecule has 1 fully saturated rings. The number of nitrogens with one attached hydrogen (secondary N) is 1. The molecule has 1 aromatic rings. The third kappa shape index (κ3) is 4.63. The summed E-state index contributed by atoms with van der Waals surface area (Å²) in [5.74, 6) is -0.0638. The summed E-state index contributed by atoms with van der Waals surface area (Å²) in [6.45, 7) is 0.193. The van der Waals surface area contributed by atoms with Crippen molar-refractivity contribution in [2.75, 3.05) is 33.0 Å². The van der Waals surface area contributed by atoms with Crippen LogP contribution in [0.3, 0.4) is 0 Å². The van der Waals surface area contributed by atoms with E-state index in [1.807, 2.05) is 11.9 Å². The van der Waals surface area contributed by atoms with E-state index in [9.17, 15) is 9.59 Å². The standard InChI is InChI=1S/C18H26ClN3O2/c1-21(2)17(23)12-20-13-9-10-15(16(19)11-13)18(24)22(3)14-7-5-4-6-8-14/h9-11,14,20H,4-8,12H2,1-3H3. The van der Waals surface area contributed by atoms with Crippen molar-refractivity contribution in [2.45, 2.75) is 38.1 Å². The number of halogens is 1. The van der Waals surface area contributed by atoms with E-state index in [2.05, 4.69) is 5.32 Å². The summed E-state index contributed by atoms with van der Waals surface area (Å²) in [5.41, 5.74) is 1.24. The van der Waals surface area contributed by atoms with Crippen molar-refractivity contribution in [1.82, 2.24) is 9.80 Å². The van der Waals surface area contributed by atoms with Crippen molar-refractivity contribution in [3.63, 3.8) is 0 Å². The molecule has 0 atom stereocenters. The zero-order chi connectivity index (χ0) is 17.7. The fourth-order valence-electron chi connectivity index (χ4n) is 2.96. The second kappa shape index (κ2) is 8.38. The molecule has 1 aliphatic carbocycles. The fourth-order valence-corrected chi connectivity index (χ4v) is 3.22. The van der Waals surface area contributed by atoms with Crippen LogP contribution in [0.2, 0.25) is 5.02 Å². The molecule has 0 heterocycles. The largest absolute Gasteiger partial charge is 0.376 e. The molecule has 0 saturated heterocycles. The minimum absolute atomic E-state index is 0.0247. The molecule has 2 rings (SSSR count). The third-order valence-corrected chi connectivity index (χ3v) is 4.90. The average molecular weight is 352 g/mol. The van der Waals surface area contributed by atoms with Gasteiger partial charge in [-0.15, -0.1) is 0 Å². The van der Waals surface area contributed by atoms with E-state index >= 15 is 0 Å². The third-order valence-electron chi connectivity index (χ3n) is 4.58. The Morgan fingerprint density at radius 3 is 2.42 bits per heavy atom. The lowest BCUT2D eigenvalue weighted by Gasteiger charge is -2.31. The highest BCUT2D eigenvalue weighted by molar-refractivity contribution is 6.34. The molecule has 132 valence electrons. The normalized spacial score (nSPS) is 15.0. The molecule has 2 amide bonds. The van der Waals surface area contributed by atoms with Crippen molar-refractivity contribution >= 4 is 29.1 Å². The van der Waals surface area contributed by atoms with E-state index in [4.69, 9.17) is 11.6 Å². The molecule has 1 aliphatic rings. The number of carbonyl (C=O) groups excluding carboxylic acids is 2. The number of hydrogen-bond acceptors (Lipinski definition) is 3. The Hall–Kier alpha value is -1.75. The summed E-state index contributed by atoms with van der Waals surface area (Å²) in [7, 11) is 5.27. The van der Waals surface area contributed by atoms with Gasteiger partial charge in [0.1, 0.15) is 0 Å². The first-order valence-electron chi connectivity index (χ1n) is 8.41. The van der Waals surface area contributed by atoms with Gasteiger partial charge in [-0.2, -0.15) is 0 Å². The number of anilines is 1. The smallest absolute Gasteiger partial charge is 0.255 e. The second-order valence-electron chi connectivity index (χ2n) is 6.54. The zero-order valence-electron chi connectivity index (χ0n) is 14.6. The monoisotopic (exact) mass is 351 g/mol. The Bertz CT molecular complexity index is 598. The quantitative estimate of drug-likeness (QED) is 0.886. The number of likely N-dealkylation sites (N-methyl/N-ethyl adjacent to an activating group) is 1. The van der Waals surface area contributed by atoms with Crippen LogP contribution in [0.5, 0.6) is 0 Å². The van der Waals surface area contributed by atoms with E-state index in [0.29, 0.717) is 16.6 Å². The van der Waals surface area contributed by atoms with Gasteiger partial charge in [0.05, 0.1) is 17.1 Å². The van der Waals surface area contributed by atoms with Gasteiger partial charge >= 0.3 is 0 Å². The van der Waals surface area contributed by atoms with Gasteiger partial charge in [-0.1, -0.05) is 30.9 Å². The average Bonchev–Trinajstić information content (AvgIpc) is 2.59. The lowest BCUT2D eigenvalue weighted by Crippen LogP contribution is -2.38. The topological polar surface area (TPSA) is 52.7 Å². The number of rotatable bonds is 5. The molecule has 0 unspecified atom stereocenters. The first-order chi connectivity index (χ1) is 11.4. The maximum absolute atomic E-state index is 12.7. The number of carbonyl (C=O) groups is 2. The van der Waals surface area contributed by atoms with E-state index in [1.165, 1.54) is 24.2 Å². The van der Waals surface area contributed by atoms with Crippen LogP contribution in [0.25, 0.3) is 0 Å². The van der Waals surface area contributed by atoms with E-state index < -0.39 is 0 Å². The summed E-state index contributed by atoms with van der Waals surface area (Å²) >= 11 is 6.30. The zero-order valence-corrected chi connectivity index (χ0v) is 15.4. The fraction of sp³-hybridized carbons (Fsp3) is 0.556. The predicted octanol–water partition coefficient (Wildman–Crippen LogP) is 3.24. The number of nitrogens with zero attached hydrogens (tertiary/aromatic N) is 2. The van der Waals surface area contributed by atoms with E-state index in [1.54, 1.807) is 32.3 Å². The second-order valence-corrected chi connectivity index (χ2v) is 6.95. The Kier molecular flexibility index (Phi) is 6.49. The van der Waals surface area contributed by atoms with Gasteiger partial charge in [-0.25, -0.2) is 0 Å². The highest BCUT2D eigenvalue weighted by atomic mass is 35.5. The molecule has 0 bridgehead atoms. The lowest BCUT2D eigenvalue weighted by atomic mass is 9.94. The highest BCUT2D eigenvalue weighted by Gasteiger charge is 2.24. The van der Waals surface area contributed by atoms with Gasteiger partial charge in [0.25, 0.3) is 5.91 Å². The van der Waals surface area contributed by atoms with Crippen LogP contribution in [-0.2, 0) is 4.79 Å². The molecule has 1 N–H and O–H groups in total. The van der Waals surface area contributed by atoms with Gasteiger partial charge in [0.2, 0.25) is 5.91 Å². The van der Waals surface area contributed by atoms with Crippen LogP contribution in [0.4, 0.5) is 5.69 Å².